The number of amides is 1. The molecule has 0 saturated carbocycles. The lowest BCUT2D eigenvalue weighted by Gasteiger charge is -2.05. The zero-order chi connectivity index (χ0) is 20.1. The monoisotopic (exact) mass is 413 g/mol. The lowest BCUT2D eigenvalue weighted by atomic mass is 10.2. The minimum absolute atomic E-state index is 0.131. The van der Waals surface area contributed by atoms with Gasteiger partial charge in [0.15, 0.2) is 11.5 Å². The van der Waals surface area contributed by atoms with Crippen molar-refractivity contribution in [2.24, 2.45) is 0 Å². The van der Waals surface area contributed by atoms with Crippen LogP contribution >= 0.6 is 11.8 Å². The lowest BCUT2D eigenvalue weighted by molar-refractivity contribution is -0.118. The number of nitrogens with one attached hydrogen (secondary N) is 1. The molecule has 0 unspecified atom stereocenters. The Balaban J connectivity index is 1.26. The minimum Gasteiger partial charge on any atom is -0.494 e. The van der Waals surface area contributed by atoms with Gasteiger partial charge < -0.3 is 23.9 Å². The second-order valence-corrected chi connectivity index (χ2v) is 7.01. The maximum absolute atomic E-state index is 12.1. The van der Waals surface area contributed by atoms with Gasteiger partial charge in [-0.3, -0.25) is 4.79 Å². The van der Waals surface area contributed by atoms with Crippen LogP contribution in [-0.4, -0.2) is 35.3 Å². The van der Waals surface area contributed by atoms with Crippen LogP contribution in [0.4, 0.5) is 0 Å². The van der Waals surface area contributed by atoms with Gasteiger partial charge in [-0.25, -0.2) is 0 Å². The summed E-state index contributed by atoms with van der Waals surface area (Å²) < 4.78 is 21.6. The number of carbonyl (C=O) groups excluding carboxylic acids is 1. The van der Waals surface area contributed by atoms with Gasteiger partial charge in [-0.05, 0) is 48.9 Å². The molecule has 2 aromatic carbocycles. The lowest BCUT2D eigenvalue weighted by Crippen LogP contribution is -2.24. The molecule has 0 fully saturated rings. The van der Waals surface area contributed by atoms with Crippen molar-refractivity contribution in [3.8, 4) is 28.7 Å². The highest BCUT2D eigenvalue weighted by Gasteiger charge is 2.14. The van der Waals surface area contributed by atoms with Crippen LogP contribution in [0.15, 0.2) is 52.1 Å². The van der Waals surface area contributed by atoms with Crippen LogP contribution in [0.2, 0.25) is 0 Å². The van der Waals surface area contributed by atoms with Gasteiger partial charge in [0.1, 0.15) is 5.75 Å². The number of benzene rings is 2. The molecule has 0 bridgehead atoms. The fourth-order valence-corrected chi connectivity index (χ4v) is 3.27. The minimum atomic E-state index is -0.131. The molecule has 2 heterocycles. The molecule has 1 aliphatic heterocycles. The number of rotatable bonds is 8. The summed E-state index contributed by atoms with van der Waals surface area (Å²) >= 11 is 1.19. The van der Waals surface area contributed by atoms with Gasteiger partial charge in [-0.1, -0.05) is 17.8 Å². The van der Waals surface area contributed by atoms with Crippen molar-refractivity contribution in [2.75, 3.05) is 19.2 Å². The Hall–Kier alpha value is -3.20. The number of ether oxygens (including phenoxy) is 3. The van der Waals surface area contributed by atoms with E-state index in [0.29, 0.717) is 30.0 Å². The first kappa shape index (κ1) is 19.1. The van der Waals surface area contributed by atoms with E-state index in [2.05, 4.69) is 15.5 Å². The van der Waals surface area contributed by atoms with Crippen LogP contribution in [0.1, 0.15) is 12.5 Å². The van der Waals surface area contributed by atoms with Crippen LogP contribution < -0.4 is 19.5 Å². The van der Waals surface area contributed by atoms with Crippen LogP contribution in [0, 0.1) is 0 Å². The van der Waals surface area contributed by atoms with Crippen LogP contribution in [0.5, 0.6) is 17.2 Å². The van der Waals surface area contributed by atoms with Crippen molar-refractivity contribution < 1.29 is 23.4 Å². The molecule has 1 aliphatic rings. The van der Waals surface area contributed by atoms with Crippen molar-refractivity contribution in [1.29, 1.82) is 0 Å². The van der Waals surface area contributed by atoms with E-state index in [1.54, 1.807) is 0 Å². The van der Waals surface area contributed by atoms with Gasteiger partial charge in [-0.2, -0.15) is 0 Å². The highest BCUT2D eigenvalue weighted by atomic mass is 32.2. The third-order valence-electron chi connectivity index (χ3n) is 4.07. The molecule has 9 heteroatoms. The number of aromatic nitrogens is 2. The molecule has 4 rings (SSSR count). The van der Waals surface area contributed by atoms with Crippen LogP contribution in [0.25, 0.3) is 11.5 Å². The molecule has 0 spiro atoms. The first-order valence-electron chi connectivity index (χ1n) is 9.06. The molecule has 1 aromatic heterocycles. The Kier molecular flexibility index (Phi) is 5.85. The fourth-order valence-electron chi connectivity index (χ4n) is 2.68. The van der Waals surface area contributed by atoms with Gasteiger partial charge in [0, 0.05) is 12.1 Å². The predicted molar refractivity (Wildman–Crippen MR) is 106 cm³/mol. The summed E-state index contributed by atoms with van der Waals surface area (Å²) in [6.45, 7) is 3.17. The van der Waals surface area contributed by atoms with Crippen molar-refractivity contribution in [3.05, 3.63) is 48.0 Å². The molecular formula is C20H19N3O5S. The van der Waals surface area contributed by atoms with Gasteiger partial charge in [-0.15, -0.1) is 10.2 Å². The normalized spacial score (nSPS) is 12.0. The smallest absolute Gasteiger partial charge is 0.277 e. The van der Waals surface area contributed by atoms with E-state index in [9.17, 15) is 4.79 Å². The summed E-state index contributed by atoms with van der Waals surface area (Å²) in [5.74, 6) is 2.64. The summed E-state index contributed by atoms with van der Waals surface area (Å²) in [4.78, 5) is 12.1. The van der Waals surface area contributed by atoms with E-state index in [-0.39, 0.29) is 18.5 Å². The molecule has 3 aromatic rings. The van der Waals surface area contributed by atoms with Crippen molar-refractivity contribution in [1.82, 2.24) is 15.5 Å². The molecule has 0 aliphatic carbocycles. The van der Waals surface area contributed by atoms with Gasteiger partial charge >= 0.3 is 0 Å². The maximum atomic E-state index is 12.1. The summed E-state index contributed by atoms with van der Waals surface area (Å²) in [5, 5.41) is 11.2. The fraction of sp³-hybridized carbons (Fsp3) is 0.250. The molecule has 150 valence electrons. The van der Waals surface area contributed by atoms with Crippen LogP contribution in [0.3, 0.4) is 0 Å². The zero-order valence-corrected chi connectivity index (χ0v) is 16.5. The molecule has 0 radical (unpaired) electrons. The van der Waals surface area contributed by atoms with E-state index < -0.39 is 0 Å². The molecule has 1 amide bonds. The number of thioether (sulfide) groups is 1. The Labute approximate surface area is 171 Å². The summed E-state index contributed by atoms with van der Waals surface area (Å²) in [5.41, 5.74) is 1.73. The van der Waals surface area contributed by atoms with Crippen molar-refractivity contribution in [3.63, 3.8) is 0 Å². The number of nitrogens with zero attached hydrogens (tertiary/aromatic N) is 2. The Morgan fingerprint density at radius 1 is 1.14 bits per heavy atom. The number of hydrogen-bond acceptors (Lipinski definition) is 8. The average molecular weight is 413 g/mol. The Morgan fingerprint density at radius 2 is 1.97 bits per heavy atom. The van der Waals surface area contributed by atoms with E-state index in [1.807, 2.05) is 49.4 Å². The first-order chi connectivity index (χ1) is 14.2. The second-order valence-electron chi connectivity index (χ2n) is 6.08. The second kappa shape index (κ2) is 8.87. The molecule has 0 saturated heterocycles. The van der Waals surface area contributed by atoms with Crippen molar-refractivity contribution in [2.45, 2.75) is 18.7 Å². The van der Waals surface area contributed by atoms with E-state index in [0.717, 1.165) is 22.6 Å². The third kappa shape index (κ3) is 4.80. The molecule has 0 atom stereocenters. The van der Waals surface area contributed by atoms with Gasteiger partial charge in [0.25, 0.3) is 5.22 Å². The molecule has 29 heavy (non-hydrogen) atoms. The molecular weight excluding hydrogens is 394 g/mol. The van der Waals surface area contributed by atoms with E-state index in [1.165, 1.54) is 11.8 Å². The Morgan fingerprint density at radius 3 is 2.79 bits per heavy atom. The van der Waals surface area contributed by atoms with Gasteiger partial charge in [0.2, 0.25) is 18.6 Å². The quantitative estimate of drug-likeness (QED) is 0.562. The van der Waals surface area contributed by atoms with Gasteiger partial charge in [0.05, 0.1) is 12.4 Å². The Bertz CT molecular complexity index is 990. The van der Waals surface area contributed by atoms with Crippen molar-refractivity contribution >= 4 is 17.7 Å². The van der Waals surface area contributed by atoms with E-state index in [4.69, 9.17) is 18.6 Å². The van der Waals surface area contributed by atoms with E-state index >= 15 is 0 Å². The maximum Gasteiger partial charge on any atom is 0.277 e. The third-order valence-corrected chi connectivity index (χ3v) is 4.89. The highest BCUT2D eigenvalue weighted by Crippen LogP contribution is 2.32. The highest BCUT2D eigenvalue weighted by molar-refractivity contribution is 7.99. The number of fused-ring (bicyclic) bond motifs is 1. The zero-order valence-electron chi connectivity index (χ0n) is 15.7. The molecule has 1 N–H and O–H groups in total. The summed E-state index contributed by atoms with van der Waals surface area (Å²) in [7, 11) is 0. The number of carbonyl (C=O) groups is 1. The topological polar surface area (TPSA) is 95.7 Å². The largest absolute Gasteiger partial charge is 0.494 e. The number of hydrogen-bond donors (Lipinski definition) is 1. The standard InChI is InChI=1S/C20H19N3O5S/c1-2-25-15-6-4-14(5-7-15)19-22-23-20(28-19)29-11-18(24)21-10-13-3-8-16-17(9-13)27-12-26-16/h3-9H,2,10-12H2,1H3,(H,21,24). The SMILES string of the molecule is CCOc1ccc(-c2nnc(SCC(=O)NCc3ccc4c(c3)OCO4)o2)cc1. The first-order valence-corrected chi connectivity index (χ1v) is 10.0. The summed E-state index contributed by atoms with van der Waals surface area (Å²) in [6.07, 6.45) is 0. The summed E-state index contributed by atoms with van der Waals surface area (Å²) in [6, 6.07) is 13.0. The van der Waals surface area contributed by atoms with Crippen LogP contribution in [-0.2, 0) is 11.3 Å². The predicted octanol–water partition coefficient (Wildman–Crippen LogP) is 3.27. The average Bonchev–Trinajstić information content (AvgIpc) is 3.40. The molecule has 8 nitrogen and oxygen atoms in total.